The number of carboxylic acids is 1. The summed E-state index contributed by atoms with van der Waals surface area (Å²) in [5, 5.41) is 15.7. The van der Waals surface area contributed by atoms with Gasteiger partial charge in [-0.15, -0.1) is 0 Å². The molecule has 1 aliphatic carbocycles. The van der Waals surface area contributed by atoms with Crippen LogP contribution in [-0.2, 0) is 43.2 Å². The minimum absolute atomic E-state index is 0.131. The van der Waals surface area contributed by atoms with Crippen LogP contribution in [0, 0.1) is 0 Å². The lowest BCUT2D eigenvalue weighted by molar-refractivity contribution is -0.145. The minimum atomic E-state index is -1.14. The van der Waals surface area contributed by atoms with Crippen molar-refractivity contribution in [1.29, 1.82) is 0 Å². The van der Waals surface area contributed by atoms with Gasteiger partial charge in [-0.1, -0.05) is 84.9 Å². The Labute approximate surface area is 258 Å². The first-order valence-electron chi connectivity index (χ1n) is 15.1. The van der Waals surface area contributed by atoms with Crippen LogP contribution < -0.4 is 10.6 Å². The van der Waals surface area contributed by atoms with Crippen molar-refractivity contribution in [3.8, 4) is 0 Å². The van der Waals surface area contributed by atoms with Crippen molar-refractivity contribution in [1.82, 2.24) is 15.5 Å². The summed E-state index contributed by atoms with van der Waals surface area (Å²) in [4.78, 5) is 53.4. The third-order valence-electron chi connectivity index (χ3n) is 8.01. The Morgan fingerprint density at radius 1 is 0.909 bits per heavy atom. The second kappa shape index (κ2) is 15.8. The molecule has 3 atom stereocenters. The van der Waals surface area contributed by atoms with Crippen molar-refractivity contribution in [2.45, 2.75) is 63.6 Å². The van der Waals surface area contributed by atoms with E-state index < -0.39 is 29.9 Å². The Morgan fingerprint density at radius 3 is 2.09 bits per heavy atom. The summed E-state index contributed by atoms with van der Waals surface area (Å²) in [6.07, 6.45) is 1.77. The fraction of sp³-hybridized carbons (Fsp3) is 0.371. The van der Waals surface area contributed by atoms with Gasteiger partial charge in [0.25, 0.3) is 0 Å². The zero-order chi connectivity index (χ0) is 31.5. The maximum Gasteiger partial charge on any atom is 0.326 e. The molecule has 0 aliphatic heterocycles. The molecule has 44 heavy (non-hydrogen) atoms. The lowest BCUT2D eigenvalue weighted by Gasteiger charge is -2.32. The molecule has 3 aromatic carbocycles. The minimum Gasteiger partial charge on any atom is -0.480 e. The molecule has 4 rings (SSSR count). The average Bonchev–Trinajstić information content (AvgIpc) is 3.46. The molecule has 9 nitrogen and oxygen atoms in total. The molecule has 3 N–H and O–H groups in total. The summed E-state index contributed by atoms with van der Waals surface area (Å²) < 4.78 is 5.30. The van der Waals surface area contributed by atoms with E-state index in [4.69, 9.17) is 4.74 Å². The van der Waals surface area contributed by atoms with Crippen LogP contribution in [0.4, 0.5) is 0 Å². The smallest absolute Gasteiger partial charge is 0.326 e. The number of aliphatic carboxylic acids is 1. The highest BCUT2D eigenvalue weighted by atomic mass is 16.5. The molecule has 1 aliphatic rings. The fourth-order valence-electron chi connectivity index (χ4n) is 5.72. The molecule has 0 heterocycles. The number of rotatable bonds is 15. The van der Waals surface area contributed by atoms with Crippen LogP contribution in [0.1, 0.15) is 48.4 Å². The third-order valence-corrected chi connectivity index (χ3v) is 8.01. The predicted molar refractivity (Wildman–Crippen MR) is 167 cm³/mol. The van der Waals surface area contributed by atoms with Crippen LogP contribution in [0.3, 0.4) is 0 Å². The Kier molecular flexibility index (Phi) is 11.7. The van der Waals surface area contributed by atoms with E-state index in [9.17, 15) is 24.3 Å². The summed E-state index contributed by atoms with van der Waals surface area (Å²) in [5.41, 5.74) is 3.89. The van der Waals surface area contributed by atoms with Crippen LogP contribution in [0.2, 0.25) is 0 Å². The van der Waals surface area contributed by atoms with E-state index in [0.29, 0.717) is 25.8 Å². The fourth-order valence-corrected chi connectivity index (χ4v) is 5.72. The van der Waals surface area contributed by atoms with Gasteiger partial charge in [0, 0.05) is 12.5 Å². The summed E-state index contributed by atoms with van der Waals surface area (Å²) in [7, 11) is 0. The van der Waals surface area contributed by atoms with Gasteiger partial charge in [0.05, 0.1) is 25.1 Å². The number of fused-ring (bicyclic) bond motifs is 1. The number of carboxylic acid groups (broad SMARTS) is 1. The monoisotopic (exact) mass is 599 g/mol. The molecule has 0 saturated carbocycles. The molecule has 3 aromatic rings. The van der Waals surface area contributed by atoms with E-state index in [1.54, 1.807) is 18.7 Å². The van der Waals surface area contributed by atoms with Crippen molar-refractivity contribution < 1.29 is 29.0 Å². The Bertz CT molecular complexity index is 1390. The number of amides is 2. The van der Waals surface area contributed by atoms with Gasteiger partial charge < -0.3 is 25.4 Å². The van der Waals surface area contributed by atoms with Crippen LogP contribution in [0.25, 0.3) is 0 Å². The molecule has 2 amide bonds. The standard InChI is InChI=1S/C35H41N3O6/c1-3-44-35(43)30(26-14-8-5-9-15-26)18-19-36-24(2)33(40)38(29-21-27-16-10-11-17-28(27)22-29)23-32(39)37-31(34(41)42)20-25-12-6-4-7-13-25/h4-17,24,29-31,36H,3,18-23H2,1-2H3,(H,37,39)(H,41,42)/t24-,30?,31-/m0/s1. The van der Waals surface area contributed by atoms with E-state index in [2.05, 4.69) is 10.6 Å². The lowest BCUT2D eigenvalue weighted by atomic mass is 9.95. The van der Waals surface area contributed by atoms with Gasteiger partial charge >= 0.3 is 11.9 Å². The van der Waals surface area contributed by atoms with Gasteiger partial charge in [-0.2, -0.15) is 0 Å². The van der Waals surface area contributed by atoms with E-state index in [0.717, 1.165) is 22.3 Å². The Hall–Kier alpha value is -4.50. The van der Waals surface area contributed by atoms with Crippen molar-refractivity contribution in [3.63, 3.8) is 0 Å². The molecule has 0 bridgehead atoms. The number of esters is 1. The van der Waals surface area contributed by atoms with Crippen molar-refractivity contribution in [2.24, 2.45) is 0 Å². The molecule has 0 spiro atoms. The SMILES string of the molecule is CCOC(=O)C(CCN[C@@H](C)C(=O)N(CC(=O)N[C@@H](Cc1ccccc1)C(=O)O)C1Cc2ccccc2C1)c1ccccc1. The highest BCUT2D eigenvalue weighted by Crippen LogP contribution is 2.26. The lowest BCUT2D eigenvalue weighted by Crippen LogP contribution is -2.54. The van der Waals surface area contributed by atoms with Crippen molar-refractivity contribution in [3.05, 3.63) is 107 Å². The third kappa shape index (κ3) is 8.76. The molecule has 1 unspecified atom stereocenters. The first-order valence-corrected chi connectivity index (χ1v) is 15.1. The van der Waals surface area contributed by atoms with Crippen molar-refractivity contribution in [2.75, 3.05) is 19.7 Å². The molecule has 0 aromatic heterocycles. The molecule has 0 radical (unpaired) electrons. The number of hydrogen-bond donors (Lipinski definition) is 3. The normalized spacial score (nSPS) is 14.6. The first kappa shape index (κ1) is 32.4. The summed E-state index contributed by atoms with van der Waals surface area (Å²) in [5.74, 6) is -2.73. The van der Waals surface area contributed by atoms with Crippen LogP contribution in [-0.4, -0.2) is 71.6 Å². The van der Waals surface area contributed by atoms with E-state index in [-0.39, 0.29) is 37.5 Å². The van der Waals surface area contributed by atoms with Gasteiger partial charge in [0.1, 0.15) is 6.04 Å². The molecule has 9 heteroatoms. The maximum atomic E-state index is 13.9. The molecule has 0 saturated heterocycles. The van der Waals surface area contributed by atoms with E-state index in [1.807, 2.05) is 84.9 Å². The van der Waals surface area contributed by atoms with Crippen LogP contribution >= 0.6 is 0 Å². The van der Waals surface area contributed by atoms with Crippen LogP contribution in [0.5, 0.6) is 0 Å². The van der Waals surface area contributed by atoms with E-state index >= 15 is 0 Å². The molecular formula is C35H41N3O6. The highest BCUT2D eigenvalue weighted by Gasteiger charge is 2.34. The van der Waals surface area contributed by atoms with E-state index in [1.165, 1.54) is 0 Å². The molecule has 0 fully saturated rings. The van der Waals surface area contributed by atoms with Gasteiger partial charge in [0.2, 0.25) is 11.8 Å². The second-order valence-electron chi connectivity index (χ2n) is 11.1. The predicted octanol–water partition coefficient (Wildman–Crippen LogP) is 3.51. The zero-order valence-corrected chi connectivity index (χ0v) is 25.3. The Balaban J connectivity index is 1.44. The molecule has 232 valence electrons. The largest absolute Gasteiger partial charge is 0.480 e. The van der Waals surface area contributed by atoms with Gasteiger partial charge in [-0.3, -0.25) is 14.4 Å². The average molecular weight is 600 g/mol. The summed E-state index contributed by atoms with van der Waals surface area (Å²) >= 11 is 0. The van der Waals surface area contributed by atoms with Gasteiger partial charge in [0.15, 0.2) is 0 Å². The number of ether oxygens (including phenoxy) is 1. The first-order chi connectivity index (χ1) is 21.3. The maximum absolute atomic E-state index is 13.9. The topological polar surface area (TPSA) is 125 Å². The number of nitrogens with zero attached hydrogens (tertiary/aromatic N) is 1. The number of benzene rings is 3. The van der Waals surface area contributed by atoms with Gasteiger partial charge in [-0.25, -0.2) is 4.79 Å². The number of nitrogens with one attached hydrogen (secondary N) is 2. The number of hydrogen-bond acceptors (Lipinski definition) is 6. The number of carbonyl (C=O) groups excluding carboxylic acids is 3. The van der Waals surface area contributed by atoms with Crippen molar-refractivity contribution >= 4 is 23.8 Å². The Morgan fingerprint density at radius 2 is 1.50 bits per heavy atom. The highest BCUT2D eigenvalue weighted by molar-refractivity contribution is 5.90. The van der Waals surface area contributed by atoms with Crippen LogP contribution in [0.15, 0.2) is 84.9 Å². The summed E-state index contributed by atoms with van der Waals surface area (Å²) in [6, 6.07) is 24.4. The summed E-state index contributed by atoms with van der Waals surface area (Å²) in [6.45, 7) is 3.89. The van der Waals surface area contributed by atoms with Gasteiger partial charge in [-0.05, 0) is 61.9 Å². The number of carbonyl (C=O) groups is 4. The quantitative estimate of drug-likeness (QED) is 0.228. The zero-order valence-electron chi connectivity index (χ0n) is 25.3. The second-order valence-corrected chi connectivity index (χ2v) is 11.1. The molecular weight excluding hydrogens is 558 g/mol.